The van der Waals surface area contributed by atoms with Crippen molar-refractivity contribution >= 4 is 5.65 Å². The number of halogens is 1. The third-order valence-corrected chi connectivity index (χ3v) is 2.75. The van der Waals surface area contributed by atoms with Gasteiger partial charge in [0.1, 0.15) is 11.5 Å². The van der Waals surface area contributed by atoms with Crippen LogP contribution in [0.2, 0.25) is 0 Å². The molecule has 0 atom stereocenters. The third kappa shape index (κ3) is 1.78. The van der Waals surface area contributed by atoms with Crippen LogP contribution in [-0.4, -0.2) is 9.38 Å². The Morgan fingerprint density at radius 1 is 1.06 bits per heavy atom. The molecule has 0 unspecified atom stereocenters. The van der Waals surface area contributed by atoms with E-state index >= 15 is 0 Å². The summed E-state index contributed by atoms with van der Waals surface area (Å²) in [5, 5.41) is 0. The van der Waals surface area contributed by atoms with E-state index in [4.69, 9.17) is 0 Å². The first-order valence-electron chi connectivity index (χ1n) is 5.47. The van der Waals surface area contributed by atoms with Crippen molar-refractivity contribution < 1.29 is 4.39 Å². The van der Waals surface area contributed by atoms with Crippen molar-refractivity contribution in [3.63, 3.8) is 0 Å². The summed E-state index contributed by atoms with van der Waals surface area (Å²) in [5.74, 6) is -0.286. The van der Waals surface area contributed by atoms with Crippen LogP contribution in [0.1, 0.15) is 0 Å². The van der Waals surface area contributed by atoms with Crippen LogP contribution < -0.4 is 5.56 Å². The molecule has 0 bridgehead atoms. The highest BCUT2D eigenvalue weighted by molar-refractivity contribution is 5.67. The Balaban J connectivity index is 2.23. The molecule has 0 N–H and O–H groups in total. The number of pyridine rings is 1. The van der Waals surface area contributed by atoms with Crippen LogP contribution in [0.3, 0.4) is 0 Å². The van der Waals surface area contributed by atoms with Crippen molar-refractivity contribution in [2.75, 3.05) is 0 Å². The number of benzene rings is 1. The molecular weight excluding hydrogens is 231 g/mol. The first-order valence-corrected chi connectivity index (χ1v) is 5.47. The van der Waals surface area contributed by atoms with Gasteiger partial charge in [0.2, 0.25) is 0 Å². The smallest absolute Gasteiger partial charge is 0.257 e. The molecule has 88 valence electrons. The Kier molecular flexibility index (Phi) is 2.41. The fraction of sp³-hybridized carbons (Fsp3) is 0. The van der Waals surface area contributed by atoms with Gasteiger partial charge in [-0.2, -0.15) is 0 Å². The van der Waals surface area contributed by atoms with E-state index in [-0.39, 0.29) is 11.4 Å². The molecule has 0 fully saturated rings. The van der Waals surface area contributed by atoms with Gasteiger partial charge < -0.3 is 0 Å². The second kappa shape index (κ2) is 4.07. The van der Waals surface area contributed by atoms with E-state index in [1.54, 1.807) is 24.4 Å². The molecule has 0 radical (unpaired) electrons. The summed E-state index contributed by atoms with van der Waals surface area (Å²) in [4.78, 5) is 15.7. The predicted octanol–water partition coefficient (Wildman–Crippen LogP) is 2.50. The van der Waals surface area contributed by atoms with Crippen LogP contribution in [0.4, 0.5) is 4.39 Å². The molecule has 0 aliphatic heterocycles. The summed E-state index contributed by atoms with van der Waals surface area (Å²) < 4.78 is 14.6. The van der Waals surface area contributed by atoms with Crippen molar-refractivity contribution in [3.8, 4) is 11.1 Å². The fourth-order valence-electron chi connectivity index (χ4n) is 1.88. The SMILES string of the molecule is O=c1ccnc2cc(-c3cccc(F)c3)ccn12. The minimum Gasteiger partial charge on any atom is -0.269 e. The zero-order chi connectivity index (χ0) is 12.5. The Morgan fingerprint density at radius 2 is 1.89 bits per heavy atom. The Morgan fingerprint density at radius 3 is 2.72 bits per heavy atom. The van der Waals surface area contributed by atoms with Gasteiger partial charge in [-0.05, 0) is 35.4 Å². The van der Waals surface area contributed by atoms with Gasteiger partial charge in [0, 0.05) is 18.5 Å². The van der Waals surface area contributed by atoms with Gasteiger partial charge in [0.25, 0.3) is 5.56 Å². The van der Waals surface area contributed by atoms with Gasteiger partial charge in [-0.1, -0.05) is 12.1 Å². The van der Waals surface area contributed by atoms with Crippen LogP contribution in [-0.2, 0) is 0 Å². The van der Waals surface area contributed by atoms with Gasteiger partial charge in [-0.25, -0.2) is 9.37 Å². The van der Waals surface area contributed by atoms with Crippen LogP contribution in [0, 0.1) is 5.82 Å². The lowest BCUT2D eigenvalue weighted by atomic mass is 10.1. The highest BCUT2D eigenvalue weighted by atomic mass is 19.1. The topological polar surface area (TPSA) is 34.4 Å². The van der Waals surface area contributed by atoms with E-state index in [1.165, 1.54) is 28.8 Å². The molecule has 18 heavy (non-hydrogen) atoms. The molecule has 0 saturated carbocycles. The quantitative estimate of drug-likeness (QED) is 0.655. The van der Waals surface area contributed by atoms with E-state index in [0.29, 0.717) is 5.65 Å². The van der Waals surface area contributed by atoms with Crippen molar-refractivity contribution in [1.82, 2.24) is 9.38 Å². The van der Waals surface area contributed by atoms with E-state index in [0.717, 1.165) is 11.1 Å². The highest BCUT2D eigenvalue weighted by Gasteiger charge is 2.02. The molecule has 0 aliphatic carbocycles. The zero-order valence-corrected chi connectivity index (χ0v) is 9.38. The largest absolute Gasteiger partial charge is 0.269 e. The Labute approximate surface area is 102 Å². The number of rotatable bonds is 1. The summed E-state index contributed by atoms with van der Waals surface area (Å²) in [6.45, 7) is 0. The van der Waals surface area contributed by atoms with Gasteiger partial charge in [0.05, 0.1) is 0 Å². The van der Waals surface area contributed by atoms with E-state index in [1.807, 2.05) is 6.07 Å². The van der Waals surface area contributed by atoms with Gasteiger partial charge >= 0.3 is 0 Å². The number of hydrogen-bond donors (Lipinski definition) is 0. The van der Waals surface area contributed by atoms with Crippen molar-refractivity contribution in [1.29, 1.82) is 0 Å². The number of hydrogen-bond acceptors (Lipinski definition) is 2. The van der Waals surface area contributed by atoms with Gasteiger partial charge in [0.15, 0.2) is 0 Å². The molecule has 1 aromatic carbocycles. The van der Waals surface area contributed by atoms with Crippen LogP contribution in [0.5, 0.6) is 0 Å². The fourth-order valence-corrected chi connectivity index (χ4v) is 1.88. The average Bonchev–Trinajstić information content (AvgIpc) is 2.39. The van der Waals surface area contributed by atoms with E-state index in [2.05, 4.69) is 4.98 Å². The maximum atomic E-state index is 13.2. The molecule has 0 spiro atoms. The maximum Gasteiger partial charge on any atom is 0.257 e. The molecule has 4 heteroatoms. The lowest BCUT2D eigenvalue weighted by molar-refractivity contribution is 0.628. The van der Waals surface area contributed by atoms with Gasteiger partial charge in [-0.3, -0.25) is 9.20 Å². The van der Waals surface area contributed by atoms with Crippen LogP contribution in [0.25, 0.3) is 16.8 Å². The zero-order valence-electron chi connectivity index (χ0n) is 9.38. The van der Waals surface area contributed by atoms with Crippen LogP contribution >= 0.6 is 0 Å². The van der Waals surface area contributed by atoms with Gasteiger partial charge in [-0.15, -0.1) is 0 Å². The molecule has 0 aliphatic rings. The average molecular weight is 240 g/mol. The van der Waals surface area contributed by atoms with Crippen molar-refractivity contribution in [2.45, 2.75) is 0 Å². The first kappa shape index (κ1) is 10.7. The normalized spacial score (nSPS) is 10.7. The molecule has 3 nitrogen and oxygen atoms in total. The molecule has 0 saturated heterocycles. The van der Waals surface area contributed by atoms with E-state index in [9.17, 15) is 9.18 Å². The number of nitrogens with zero attached hydrogens (tertiary/aromatic N) is 2. The van der Waals surface area contributed by atoms with Crippen molar-refractivity contribution in [3.05, 3.63) is 71.0 Å². The second-order valence-corrected chi connectivity index (χ2v) is 3.94. The standard InChI is InChI=1S/C14H9FN2O/c15-12-3-1-2-10(8-12)11-5-7-17-13(9-11)16-6-4-14(17)18/h1-9H. The summed E-state index contributed by atoms with van der Waals surface area (Å²) >= 11 is 0. The molecular formula is C14H9FN2O. The number of fused-ring (bicyclic) bond motifs is 1. The maximum absolute atomic E-state index is 13.2. The lowest BCUT2D eigenvalue weighted by Crippen LogP contribution is -2.12. The summed E-state index contributed by atoms with van der Waals surface area (Å²) in [6.07, 6.45) is 3.11. The second-order valence-electron chi connectivity index (χ2n) is 3.94. The molecule has 3 rings (SSSR count). The molecule has 2 aromatic heterocycles. The summed E-state index contributed by atoms with van der Waals surface area (Å²) in [5.41, 5.74) is 2.00. The predicted molar refractivity (Wildman–Crippen MR) is 66.9 cm³/mol. The third-order valence-electron chi connectivity index (χ3n) is 2.75. The monoisotopic (exact) mass is 240 g/mol. The molecule has 3 aromatic rings. The highest BCUT2D eigenvalue weighted by Crippen LogP contribution is 2.20. The minimum absolute atomic E-state index is 0.134. The summed E-state index contributed by atoms with van der Waals surface area (Å²) in [7, 11) is 0. The van der Waals surface area contributed by atoms with Crippen molar-refractivity contribution in [2.24, 2.45) is 0 Å². The summed E-state index contributed by atoms with van der Waals surface area (Å²) in [6, 6.07) is 11.2. The first-order chi connectivity index (χ1) is 8.74. The molecule has 0 amide bonds. The molecule has 2 heterocycles. The number of aromatic nitrogens is 2. The minimum atomic E-state index is -0.286. The van der Waals surface area contributed by atoms with E-state index < -0.39 is 0 Å². The Bertz CT molecular complexity index is 780. The lowest BCUT2D eigenvalue weighted by Gasteiger charge is -2.04. The van der Waals surface area contributed by atoms with Crippen LogP contribution in [0.15, 0.2) is 59.7 Å². The Hall–Kier alpha value is -2.49.